The summed E-state index contributed by atoms with van der Waals surface area (Å²) in [5.41, 5.74) is 0. The van der Waals surface area contributed by atoms with Gasteiger partial charge in [0, 0.05) is 36.1 Å². The third-order valence-corrected chi connectivity index (χ3v) is 6.33. The van der Waals surface area contributed by atoms with Crippen molar-refractivity contribution >= 4 is 21.6 Å². The van der Waals surface area contributed by atoms with Crippen LogP contribution in [-0.4, -0.2) is 63.5 Å². The molecule has 19 heavy (non-hydrogen) atoms. The molecule has 0 aromatic heterocycles. The fraction of sp³-hybridized carbons (Fsp3) is 1.00. The summed E-state index contributed by atoms with van der Waals surface area (Å²) in [7, 11) is -0.919. The zero-order valence-electron chi connectivity index (χ0n) is 11.6. The van der Waals surface area contributed by atoms with Crippen LogP contribution in [0.5, 0.6) is 0 Å². The first kappa shape index (κ1) is 15.6. The molecule has 1 N–H and O–H groups in total. The predicted octanol–water partition coefficient (Wildman–Crippen LogP) is 0.648. The van der Waals surface area contributed by atoms with Crippen molar-refractivity contribution in [1.29, 1.82) is 0 Å². The number of hydrogen-bond donors (Lipinski definition) is 1. The Kier molecular flexibility index (Phi) is 5.16. The van der Waals surface area contributed by atoms with Crippen molar-refractivity contribution in [2.75, 3.05) is 38.0 Å². The molecule has 1 heterocycles. The van der Waals surface area contributed by atoms with Crippen LogP contribution in [0.4, 0.5) is 0 Å². The molecule has 1 saturated heterocycles. The topological polar surface area (TPSA) is 64.6 Å². The number of hydrogen-bond acceptors (Lipinski definition) is 6. The molecule has 5 nitrogen and oxygen atoms in total. The van der Waals surface area contributed by atoms with Gasteiger partial charge in [0.25, 0.3) is 0 Å². The highest BCUT2D eigenvalue weighted by Gasteiger charge is 2.44. The highest BCUT2D eigenvalue weighted by atomic mass is 32.2. The van der Waals surface area contributed by atoms with Crippen LogP contribution in [0.1, 0.15) is 19.3 Å². The molecule has 1 aliphatic carbocycles. The molecule has 2 rings (SSSR count). The number of nitrogens with one attached hydrogen (secondary N) is 1. The maximum atomic E-state index is 11.2. The van der Waals surface area contributed by atoms with Crippen molar-refractivity contribution in [3.63, 3.8) is 0 Å². The molecule has 1 aliphatic heterocycles. The molecule has 112 valence electrons. The van der Waals surface area contributed by atoms with Gasteiger partial charge in [0.05, 0.1) is 19.0 Å². The van der Waals surface area contributed by atoms with Gasteiger partial charge in [0.1, 0.15) is 9.84 Å². The van der Waals surface area contributed by atoms with Crippen LogP contribution < -0.4 is 5.32 Å². The Morgan fingerprint density at radius 1 is 1.37 bits per heavy atom. The fourth-order valence-electron chi connectivity index (χ4n) is 2.73. The second kappa shape index (κ2) is 6.30. The molecule has 2 atom stereocenters. The average Bonchev–Trinajstić information content (AvgIpc) is 2.76. The number of rotatable bonds is 5. The lowest BCUT2D eigenvalue weighted by Gasteiger charge is -2.40. The Morgan fingerprint density at radius 2 is 2.05 bits per heavy atom. The molecule has 1 saturated carbocycles. The van der Waals surface area contributed by atoms with E-state index in [1.165, 1.54) is 6.26 Å². The summed E-state index contributed by atoms with van der Waals surface area (Å²) in [6.07, 6.45) is 4.05. The van der Waals surface area contributed by atoms with Crippen LogP contribution in [0.15, 0.2) is 0 Å². The summed E-state index contributed by atoms with van der Waals surface area (Å²) in [6, 6.07) is 0.406. The van der Waals surface area contributed by atoms with E-state index < -0.39 is 15.6 Å². The number of sulfone groups is 1. The van der Waals surface area contributed by atoms with E-state index in [-0.39, 0.29) is 5.75 Å². The standard InChI is InChI=1S/C12H23NO4S2/c1-13-10-3-4-12(16-5-6-17-12)9-11(10)18-7-8-19(2,14)15/h10-11,13H,3-9H2,1-2H3. The molecular weight excluding hydrogens is 286 g/mol. The highest BCUT2D eigenvalue weighted by Crippen LogP contribution is 2.40. The quantitative estimate of drug-likeness (QED) is 0.804. The van der Waals surface area contributed by atoms with E-state index in [0.717, 1.165) is 19.3 Å². The van der Waals surface area contributed by atoms with Gasteiger partial charge in [-0.05, 0) is 13.5 Å². The van der Waals surface area contributed by atoms with Crippen LogP contribution >= 0.6 is 11.8 Å². The number of ether oxygens (including phenoxy) is 2. The molecule has 2 aliphatic rings. The Hall–Kier alpha value is 0.180. The van der Waals surface area contributed by atoms with Crippen LogP contribution in [0.2, 0.25) is 0 Å². The third kappa shape index (κ3) is 4.32. The Balaban J connectivity index is 1.90. The van der Waals surface area contributed by atoms with E-state index in [1.54, 1.807) is 11.8 Å². The zero-order chi connectivity index (χ0) is 13.9. The molecule has 0 bridgehead atoms. The molecule has 1 spiro atoms. The smallest absolute Gasteiger partial charge is 0.169 e. The van der Waals surface area contributed by atoms with Crippen molar-refractivity contribution in [3.8, 4) is 0 Å². The van der Waals surface area contributed by atoms with E-state index in [2.05, 4.69) is 5.32 Å². The summed E-state index contributed by atoms with van der Waals surface area (Å²) in [5, 5.41) is 3.67. The molecule has 2 unspecified atom stereocenters. The molecule has 0 aromatic carbocycles. The third-order valence-electron chi connectivity index (χ3n) is 3.77. The van der Waals surface area contributed by atoms with Gasteiger partial charge in [0.2, 0.25) is 0 Å². The van der Waals surface area contributed by atoms with Gasteiger partial charge in [-0.2, -0.15) is 11.8 Å². The van der Waals surface area contributed by atoms with Crippen LogP contribution in [0.25, 0.3) is 0 Å². The van der Waals surface area contributed by atoms with E-state index in [1.807, 2.05) is 7.05 Å². The van der Waals surface area contributed by atoms with Crippen molar-refractivity contribution < 1.29 is 17.9 Å². The minimum absolute atomic E-state index is 0.235. The van der Waals surface area contributed by atoms with E-state index >= 15 is 0 Å². The second-order valence-corrected chi connectivity index (χ2v) is 8.89. The zero-order valence-corrected chi connectivity index (χ0v) is 13.2. The van der Waals surface area contributed by atoms with Crippen molar-refractivity contribution in [2.24, 2.45) is 0 Å². The normalized spacial score (nSPS) is 30.8. The predicted molar refractivity (Wildman–Crippen MR) is 77.3 cm³/mol. The first-order valence-corrected chi connectivity index (χ1v) is 9.80. The maximum Gasteiger partial charge on any atom is 0.169 e. The first-order chi connectivity index (χ1) is 8.94. The largest absolute Gasteiger partial charge is 0.347 e. The monoisotopic (exact) mass is 309 g/mol. The van der Waals surface area contributed by atoms with Gasteiger partial charge in [-0.15, -0.1) is 0 Å². The highest BCUT2D eigenvalue weighted by molar-refractivity contribution is 8.01. The van der Waals surface area contributed by atoms with E-state index in [0.29, 0.717) is 30.3 Å². The minimum Gasteiger partial charge on any atom is -0.347 e. The van der Waals surface area contributed by atoms with Gasteiger partial charge < -0.3 is 14.8 Å². The van der Waals surface area contributed by atoms with Gasteiger partial charge in [0.15, 0.2) is 5.79 Å². The summed E-state index contributed by atoms with van der Waals surface area (Å²) < 4.78 is 33.9. The van der Waals surface area contributed by atoms with Gasteiger partial charge in [-0.1, -0.05) is 0 Å². The summed E-state index contributed by atoms with van der Waals surface area (Å²) in [5.74, 6) is 0.465. The van der Waals surface area contributed by atoms with Crippen molar-refractivity contribution in [3.05, 3.63) is 0 Å². The van der Waals surface area contributed by atoms with E-state index in [9.17, 15) is 8.42 Å². The lowest BCUT2D eigenvalue weighted by molar-refractivity contribution is -0.177. The summed E-state index contributed by atoms with van der Waals surface area (Å²) in [6.45, 7) is 1.34. The first-order valence-electron chi connectivity index (χ1n) is 6.69. The van der Waals surface area contributed by atoms with Gasteiger partial charge >= 0.3 is 0 Å². The Bertz CT molecular complexity index is 393. The summed E-state index contributed by atoms with van der Waals surface area (Å²) in [4.78, 5) is 0. The van der Waals surface area contributed by atoms with Gasteiger partial charge in [-0.25, -0.2) is 8.42 Å². The van der Waals surface area contributed by atoms with E-state index in [4.69, 9.17) is 9.47 Å². The van der Waals surface area contributed by atoms with Crippen LogP contribution in [0.3, 0.4) is 0 Å². The van der Waals surface area contributed by atoms with Crippen molar-refractivity contribution in [1.82, 2.24) is 5.32 Å². The van der Waals surface area contributed by atoms with Crippen LogP contribution in [0, 0.1) is 0 Å². The molecule has 2 fully saturated rings. The number of thioether (sulfide) groups is 1. The SMILES string of the molecule is CNC1CCC2(CC1SCCS(C)(=O)=O)OCCO2. The summed E-state index contributed by atoms with van der Waals surface area (Å²) >= 11 is 1.72. The Labute approximate surface area is 119 Å². The molecule has 0 aromatic rings. The minimum atomic E-state index is -2.88. The van der Waals surface area contributed by atoms with Gasteiger partial charge in [-0.3, -0.25) is 0 Å². The molecule has 7 heteroatoms. The molecule has 0 radical (unpaired) electrons. The lowest BCUT2D eigenvalue weighted by Crippen LogP contribution is -2.49. The fourth-order valence-corrected chi connectivity index (χ4v) is 5.50. The molecule has 0 amide bonds. The molecular formula is C12H23NO4S2. The van der Waals surface area contributed by atoms with Crippen LogP contribution in [-0.2, 0) is 19.3 Å². The van der Waals surface area contributed by atoms with Crippen molar-refractivity contribution in [2.45, 2.75) is 36.3 Å². The maximum absolute atomic E-state index is 11.2. The Morgan fingerprint density at radius 3 is 2.63 bits per heavy atom. The average molecular weight is 309 g/mol. The second-order valence-electron chi connectivity index (χ2n) is 5.28. The lowest BCUT2D eigenvalue weighted by atomic mass is 9.89.